The Balaban J connectivity index is 1.40. The van der Waals surface area contributed by atoms with E-state index in [1.807, 2.05) is 26.8 Å². The number of ether oxygens (including phenoxy) is 3. The number of aliphatic hydroxyl groups is 1. The number of hydrogen-bond acceptors (Lipinski definition) is 10. The Morgan fingerprint density at radius 3 is 2.60 bits per heavy atom. The van der Waals surface area contributed by atoms with Gasteiger partial charge >= 0.3 is 5.91 Å². The molecule has 250 valence electrons. The number of carbonyl (C=O) groups excluding carboxylic acids is 2. The van der Waals surface area contributed by atoms with Crippen molar-refractivity contribution in [3.63, 3.8) is 0 Å². The third-order valence-electron chi connectivity index (χ3n) is 8.23. The van der Waals surface area contributed by atoms with Crippen LogP contribution in [0.25, 0.3) is 5.76 Å². The quantitative estimate of drug-likeness (QED) is 0.0523. The lowest BCUT2D eigenvalue weighted by molar-refractivity contribution is -0.132. The monoisotopic (exact) mass is 685 g/mol. The molecule has 0 bridgehead atoms. The van der Waals surface area contributed by atoms with Gasteiger partial charge in [-0.25, -0.2) is 0 Å². The summed E-state index contributed by atoms with van der Waals surface area (Å²) in [7, 11) is 0. The zero-order valence-electron chi connectivity index (χ0n) is 27.7. The first-order valence-corrected chi connectivity index (χ1v) is 18.0. The highest BCUT2D eigenvalue weighted by molar-refractivity contribution is 8.00. The van der Waals surface area contributed by atoms with Gasteiger partial charge in [-0.2, -0.15) is 0 Å². The average molecular weight is 686 g/mol. The Kier molecular flexibility index (Phi) is 10.1. The average Bonchev–Trinajstić information content (AvgIpc) is 3.75. The van der Waals surface area contributed by atoms with Crippen LogP contribution < -0.4 is 19.1 Å². The summed E-state index contributed by atoms with van der Waals surface area (Å²) in [6.45, 7) is 11.1. The van der Waals surface area contributed by atoms with E-state index in [4.69, 9.17) is 14.2 Å². The molecule has 4 aromatic rings. The molecule has 0 aliphatic carbocycles. The first kappa shape index (κ1) is 33.5. The van der Waals surface area contributed by atoms with Crippen molar-refractivity contribution in [2.45, 2.75) is 69.7 Å². The van der Waals surface area contributed by atoms with E-state index in [0.717, 1.165) is 23.3 Å². The van der Waals surface area contributed by atoms with Gasteiger partial charge in [0.2, 0.25) is 5.13 Å². The molecule has 0 unspecified atom stereocenters. The van der Waals surface area contributed by atoms with Gasteiger partial charge < -0.3 is 19.3 Å². The van der Waals surface area contributed by atoms with Crippen LogP contribution in [0.5, 0.6) is 17.2 Å². The van der Waals surface area contributed by atoms with Crippen LogP contribution in [-0.4, -0.2) is 46.3 Å². The maximum absolute atomic E-state index is 13.9. The van der Waals surface area contributed by atoms with E-state index in [0.29, 0.717) is 58.3 Å². The van der Waals surface area contributed by atoms with Gasteiger partial charge in [0.1, 0.15) is 17.6 Å². The summed E-state index contributed by atoms with van der Waals surface area (Å²) in [6.07, 6.45) is 1.56. The second-order valence-corrected chi connectivity index (χ2v) is 14.6. The fraction of sp³-hybridized carbons (Fsp3) is 0.351. The van der Waals surface area contributed by atoms with E-state index in [-0.39, 0.29) is 22.6 Å². The summed E-state index contributed by atoms with van der Waals surface area (Å²) >= 11 is 2.74. The summed E-state index contributed by atoms with van der Waals surface area (Å²) in [5.74, 6) is 1.08. The fourth-order valence-electron chi connectivity index (χ4n) is 5.74. The SMILES string of the molecule is CCOc1cc([C@H]2/C(=C(\O)c3ccc4c(c3)C[C@@H](C)O4)C(=O)C(=O)N2c2nnc(SCc3ccc(C)cc3)s2)ccc1OCCC(C)C. The molecule has 3 heterocycles. The number of aliphatic hydroxyl groups excluding tert-OH is 1. The van der Waals surface area contributed by atoms with Crippen LogP contribution in [0.1, 0.15) is 68.0 Å². The summed E-state index contributed by atoms with van der Waals surface area (Å²) in [6, 6.07) is 18.0. The molecule has 3 aromatic carbocycles. The second kappa shape index (κ2) is 14.4. The second-order valence-electron chi connectivity index (χ2n) is 12.4. The maximum atomic E-state index is 13.9. The minimum absolute atomic E-state index is 0.0108. The Labute approximate surface area is 288 Å². The molecule has 11 heteroatoms. The Bertz CT molecular complexity index is 1850. The number of amides is 1. The number of carbonyl (C=O) groups is 2. The van der Waals surface area contributed by atoms with Crippen molar-refractivity contribution in [2.75, 3.05) is 18.1 Å². The van der Waals surface area contributed by atoms with E-state index in [1.165, 1.54) is 33.6 Å². The van der Waals surface area contributed by atoms with Crippen LogP contribution in [0.2, 0.25) is 0 Å². The standard InChI is InChI=1S/C37H39N3O6S2/c1-6-44-30-19-25(11-14-29(30)45-16-15-21(2)3)32-31(33(41)26-12-13-28-27(18-26)17-23(5)46-28)34(42)35(43)40(32)36-38-39-37(48-36)47-20-24-9-7-22(4)8-10-24/h7-14,18-19,21,23,32,41H,6,15-17,20H2,1-5H3/b33-31+/t23-,32+/m1/s1. The smallest absolute Gasteiger partial charge is 0.301 e. The first-order chi connectivity index (χ1) is 23.1. The van der Waals surface area contributed by atoms with Gasteiger partial charge in [-0.1, -0.05) is 72.8 Å². The van der Waals surface area contributed by atoms with Gasteiger partial charge in [0.25, 0.3) is 5.78 Å². The van der Waals surface area contributed by atoms with E-state index in [2.05, 4.69) is 48.3 Å². The molecule has 1 saturated heterocycles. The third kappa shape index (κ3) is 7.07. The third-order valence-corrected chi connectivity index (χ3v) is 10.4. The largest absolute Gasteiger partial charge is 0.507 e. The van der Waals surface area contributed by atoms with E-state index >= 15 is 0 Å². The van der Waals surface area contributed by atoms with Crippen molar-refractivity contribution in [3.05, 3.63) is 94.1 Å². The molecule has 0 radical (unpaired) electrons. The highest BCUT2D eigenvalue weighted by Gasteiger charge is 2.48. The van der Waals surface area contributed by atoms with Gasteiger partial charge in [-0.05, 0) is 80.1 Å². The molecule has 2 atom stereocenters. The van der Waals surface area contributed by atoms with Gasteiger partial charge in [0, 0.05) is 17.7 Å². The molecule has 2 aliphatic heterocycles. The van der Waals surface area contributed by atoms with Gasteiger partial charge in [0.15, 0.2) is 15.8 Å². The molecule has 0 saturated carbocycles. The number of Topliss-reactive ketones (excluding diaryl/α,β-unsaturated/α-hetero) is 1. The lowest BCUT2D eigenvalue weighted by Crippen LogP contribution is -2.29. The molecule has 1 amide bonds. The fourth-order valence-corrected chi connectivity index (χ4v) is 7.57. The molecule has 1 fully saturated rings. The minimum Gasteiger partial charge on any atom is -0.507 e. The highest BCUT2D eigenvalue weighted by atomic mass is 32.2. The van der Waals surface area contributed by atoms with Crippen molar-refractivity contribution in [3.8, 4) is 17.2 Å². The first-order valence-electron chi connectivity index (χ1n) is 16.1. The highest BCUT2D eigenvalue weighted by Crippen LogP contribution is 2.46. The minimum atomic E-state index is -0.986. The number of hydrogen-bond donors (Lipinski definition) is 1. The van der Waals surface area contributed by atoms with Crippen LogP contribution in [0.15, 0.2) is 70.6 Å². The summed E-state index contributed by atoms with van der Waals surface area (Å²) in [4.78, 5) is 29.1. The van der Waals surface area contributed by atoms with Crippen LogP contribution >= 0.6 is 23.1 Å². The predicted molar refractivity (Wildman–Crippen MR) is 188 cm³/mol. The normalized spacial score (nSPS) is 18.3. The van der Waals surface area contributed by atoms with Crippen LogP contribution in [0.4, 0.5) is 5.13 Å². The number of rotatable bonds is 12. The Morgan fingerprint density at radius 1 is 1.06 bits per heavy atom. The molecule has 6 rings (SSSR count). The van der Waals surface area contributed by atoms with Gasteiger partial charge in [-0.15, -0.1) is 10.2 Å². The number of nitrogens with zero attached hydrogens (tertiary/aromatic N) is 3. The van der Waals surface area contributed by atoms with Crippen molar-refractivity contribution >= 4 is 45.7 Å². The number of fused-ring (bicyclic) bond motifs is 1. The Morgan fingerprint density at radius 2 is 1.85 bits per heavy atom. The van der Waals surface area contributed by atoms with Gasteiger partial charge in [0.05, 0.1) is 24.8 Å². The molecule has 48 heavy (non-hydrogen) atoms. The summed E-state index contributed by atoms with van der Waals surface area (Å²) in [5.41, 5.74) is 4.21. The molecule has 9 nitrogen and oxygen atoms in total. The van der Waals surface area contributed by atoms with Crippen molar-refractivity contribution in [1.29, 1.82) is 0 Å². The number of thioether (sulfide) groups is 1. The van der Waals surface area contributed by atoms with Crippen molar-refractivity contribution in [2.24, 2.45) is 5.92 Å². The number of aryl methyl sites for hydroxylation is 1. The molecular weight excluding hydrogens is 647 g/mol. The van der Waals surface area contributed by atoms with Gasteiger partial charge in [-0.3, -0.25) is 14.5 Å². The van der Waals surface area contributed by atoms with Crippen molar-refractivity contribution in [1.82, 2.24) is 10.2 Å². The lowest BCUT2D eigenvalue weighted by atomic mass is 9.94. The van der Waals surface area contributed by atoms with E-state index < -0.39 is 17.7 Å². The maximum Gasteiger partial charge on any atom is 0.301 e. The van der Waals surface area contributed by atoms with Crippen LogP contribution in [-0.2, 0) is 21.8 Å². The molecule has 2 aliphatic rings. The molecule has 1 aromatic heterocycles. The molecule has 1 N–H and O–H groups in total. The number of benzene rings is 3. The predicted octanol–water partition coefficient (Wildman–Crippen LogP) is 7.91. The number of anilines is 1. The van der Waals surface area contributed by atoms with E-state index in [1.54, 1.807) is 30.3 Å². The van der Waals surface area contributed by atoms with Crippen LogP contribution in [0, 0.1) is 12.8 Å². The Hall–Kier alpha value is -4.35. The number of aromatic nitrogens is 2. The zero-order valence-corrected chi connectivity index (χ0v) is 29.3. The molecule has 0 spiro atoms. The summed E-state index contributed by atoms with van der Waals surface area (Å²) < 4.78 is 18.6. The van der Waals surface area contributed by atoms with E-state index in [9.17, 15) is 14.7 Å². The molecular formula is C37H39N3O6S2. The number of ketones is 1. The zero-order chi connectivity index (χ0) is 33.9. The van der Waals surface area contributed by atoms with Crippen molar-refractivity contribution < 1.29 is 28.9 Å². The van der Waals surface area contributed by atoms with Crippen LogP contribution in [0.3, 0.4) is 0 Å². The topological polar surface area (TPSA) is 111 Å². The summed E-state index contributed by atoms with van der Waals surface area (Å²) in [5, 5.41) is 20.8. The lowest BCUT2D eigenvalue weighted by Gasteiger charge is -2.24.